The number of hydrogen-bond acceptors (Lipinski definition) is 4. The molecule has 1 atom stereocenters. The lowest BCUT2D eigenvalue weighted by Gasteiger charge is -2.33. The molecule has 0 N–H and O–H groups in total. The highest BCUT2D eigenvalue weighted by Crippen LogP contribution is 2.26. The molecule has 0 spiro atoms. The van der Waals surface area contributed by atoms with Crippen molar-refractivity contribution in [1.82, 2.24) is 10.0 Å². The highest BCUT2D eigenvalue weighted by molar-refractivity contribution is 6.29. The maximum Gasteiger partial charge on any atom is 0.425 e. The Bertz CT molecular complexity index is 407. The molecule has 4 nitrogen and oxygen atoms in total. The predicted molar refractivity (Wildman–Crippen MR) is 73.9 cm³/mol. The molecule has 114 valence electrons. The second-order valence-electron chi connectivity index (χ2n) is 3.72. The first-order valence-electron chi connectivity index (χ1n) is 5.50. The molecule has 0 aromatic carbocycles. The minimum Gasteiger partial charge on any atom is -0.465 e. The Labute approximate surface area is 121 Å². The van der Waals surface area contributed by atoms with Gasteiger partial charge in [0.25, 0.3) is 0 Å². The van der Waals surface area contributed by atoms with Gasteiger partial charge in [0.05, 0.1) is 6.20 Å². The smallest absolute Gasteiger partial charge is 0.425 e. The quantitative estimate of drug-likeness (QED) is 0.237. The maximum atomic E-state index is 12.5. The number of rotatable bonds is 7. The van der Waals surface area contributed by atoms with E-state index in [4.69, 9.17) is 16.3 Å². The molecule has 0 unspecified atom stereocenters. The SMILES string of the molecule is C=C/C=C(/O[C@H](C)C(F)(F)F)N(C)N(C)/C(Cl)=C\N=C. The summed E-state index contributed by atoms with van der Waals surface area (Å²) in [7, 11) is 3.01. The average molecular weight is 312 g/mol. The van der Waals surface area contributed by atoms with Crippen LogP contribution in [0, 0.1) is 0 Å². The molecule has 0 fully saturated rings. The van der Waals surface area contributed by atoms with E-state index in [1.54, 1.807) is 0 Å². The van der Waals surface area contributed by atoms with Crippen molar-refractivity contribution in [3.63, 3.8) is 0 Å². The van der Waals surface area contributed by atoms with Crippen LogP contribution in [0.3, 0.4) is 0 Å². The van der Waals surface area contributed by atoms with E-state index in [1.165, 1.54) is 42.5 Å². The van der Waals surface area contributed by atoms with E-state index < -0.39 is 12.3 Å². The maximum absolute atomic E-state index is 12.5. The first kappa shape index (κ1) is 18.4. The lowest BCUT2D eigenvalue weighted by molar-refractivity contribution is -0.212. The number of hydrogen-bond donors (Lipinski definition) is 0. The summed E-state index contributed by atoms with van der Waals surface area (Å²) >= 11 is 5.88. The largest absolute Gasteiger partial charge is 0.465 e. The number of allylic oxidation sites excluding steroid dienone is 2. The third-order valence-corrected chi connectivity index (χ3v) is 2.64. The summed E-state index contributed by atoms with van der Waals surface area (Å²) in [4.78, 5) is 3.47. The van der Waals surface area contributed by atoms with Gasteiger partial charge in [0.2, 0.25) is 5.88 Å². The summed E-state index contributed by atoms with van der Waals surface area (Å²) in [6.07, 6.45) is -2.58. The monoisotopic (exact) mass is 311 g/mol. The van der Waals surface area contributed by atoms with Crippen LogP contribution in [0.2, 0.25) is 0 Å². The van der Waals surface area contributed by atoms with Crippen molar-refractivity contribution in [2.45, 2.75) is 19.2 Å². The zero-order valence-corrected chi connectivity index (χ0v) is 12.2. The number of nitrogens with zero attached hydrogens (tertiary/aromatic N) is 3. The molecular weight excluding hydrogens is 295 g/mol. The van der Waals surface area contributed by atoms with Crippen molar-refractivity contribution in [3.05, 3.63) is 36.0 Å². The molecule has 0 radical (unpaired) electrons. The minimum atomic E-state index is -4.47. The number of ether oxygens (including phenoxy) is 1. The Morgan fingerprint density at radius 1 is 1.35 bits per heavy atom. The first-order valence-corrected chi connectivity index (χ1v) is 5.87. The zero-order valence-electron chi connectivity index (χ0n) is 11.5. The molecule has 0 aromatic heterocycles. The Balaban J connectivity index is 5.11. The third-order valence-electron chi connectivity index (χ3n) is 2.29. The fourth-order valence-corrected chi connectivity index (χ4v) is 1.20. The minimum absolute atomic E-state index is 0.0667. The number of alkyl halides is 3. The normalized spacial score (nSPS) is 14.6. The lowest BCUT2D eigenvalue weighted by atomic mass is 10.4. The zero-order chi connectivity index (χ0) is 15.9. The molecular formula is C12H17ClF3N3O. The van der Waals surface area contributed by atoms with Gasteiger partial charge in [-0.1, -0.05) is 24.3 Å². The Morgan fingerprint density at radius 2 is 1.90 bits per heavy atom. The molecule has 20 heavy (non-hydrogen) atoms. The molecule has 0 rings (SSSR count). The van der Waals surface area contributed by atoms with Crippen molar-refractivity contribution in [1.29, 1.82) is 0 Å². The van der Waals surface area contributed by atoms with Crippen LogP contribution >= 0.6 is 11.6 Å². The highest BCUT2D eigenvalue weighted by Gasteiger charge is 2.39. The van der Waals surface area contributed by atoms with E-state index in [9.17, 15) is 13.2 Å². The van der Waals surface area contributed by atoms with Gasteiger partial charge in [-0.3, -0.25) is 15.0 Å². The van der Waals surface area contributed by atoms with Gasteiger partial charge in [-0.2, -0.15) is 13.2 Å². The Morgan fingerprint density at radius 3 is 2.30 bits per heavy atom. The van der Waals surface area contributed by atoms with Gasteiger partial charge in [0.15, 0.2) is 6.10 Å². The summed E-state index contributed by atoms with van der Waals surface area (Å²) in [6.45, 7) is 7.58. The highest BCUT2D eigenvalue weighted by atomic mass is 35.5. The van der Waals surface area contributed by atoms with Crippen molar-refractivity contribution in [2.75, 3.05) is 14.1 Å². The second kappa shape index (κ2) is 7.84. The van der Waals surface area contributed by atoms with Crippen LogP contribution in [0.1, 0.15) is 6.92 Å². The number of aliphatic imine (C=N–C) groups is 1. The molecule has 0 bridgehead atoms. The molecule has 0 aromatic rings. The van der Waals surface area contributed by atoms with E-state index in [0.29, 0.717) is 0 Å². The van der Waals surface area contributed by atoms with Gasteiger partial charge in [0.1, 0.15) is 5.16 Å². The first-order chi connectivity index (χ1) is 9.15. The molecule has 0 saturated heterocycles. The average Bonchev–Trinajstić information content (AvgIpc) is 2.35. The van der Waals surface area contributed by atoms with Gasteiger partial charge in [-0.15, -0.1) is 0 Å². The predicted octanol–water partition coefficient (Wildman–Crippen LogP) is 3.50. The number of halogens is 4. The van der Waals surface area contributed by atoms with Gasteiger partial charge in [0, 0.05) is 14.1 Å². The number of hydrazine groups is 1. The van der Waals surface area contributed by atoms with Crippen LogP contribution in [0.5, 0.6) is 0 Å². The van der Waals surface area contributed by atoms with Crippen LogP contribution in [0.25, 0.3) is 0 Å². The van der Waals surface area contributed by atoms with Crippen molar-refractivity contribution < 1.29 is 17.9 Å². The van der Waals surface area contributed by atoms with E-state index in [0.717, 1.165) is 6.92 Å². The topological polar surface area (TPSA) is 28.1 Å². The molecule has 0 aliphatic carbocycles. The Kier molecular flexibility index (Phi) is 7.20. The van der Waals surface area contributed by atoms with Crippen LogP contribution in [-0.4, -0.2) is 43.1 Å². The van der Waals surface area contributed by atoms with Crippen LogP contribution in [0.15, 0.2) is 41.0 Å². The molecule has 8 heteroatoms. The fourth-order valence-electron chi connectivity index (χ4n) is 1.02. The van der Waals surface area contributed by atoms with E-state index in [2.05, 4.69) is 18.3 Å². The Hall–Kier alpha value is -1.63. The molecule has 0 amide bonds. The summed E-state index contributed by atoms with van der Waals surface area (Å²) in [5.74, 6) is -0.0667. The van der Waals surface area contributed by atoms with Gasteiger partial charge < -0.3 is 4.74 Å². The summed E-state index contributed by atoms with van der Waals surface area (Å²) in [6, 6.07) is 0. The molecule has 0 aliphatic rings. The second-order valence-corrected chi connectivity index (χ2v) is 4.11. The van der Waals surface area contributed by atoms with E-state index in [-0.39, 0.29) is 11.0 Å². The van der Waals surface area contributed by atoms with Gasteiger partial charge in [-0.05, 0) is 19.7 Å². The molecule has 0 saturated carbocycles. The summed E-state index contributed by atoms with van der Waals surface area (Å²) in [5, 5.41) is 2.78. The van der Waals surface area contributed by atoms with Crippen molar-refractivity contribution >= 4 is 18.3 Å². The molecule has 0 aliphatic heterocycles. The van der Waals surface area contributed by atoms with Crippen molar-refractivity contribution in [2.24, 2.45) is 4.99 Å². The van der Waals surface area contributed by atoms with Crippen LogP contribution in [0.4, 0.5) is 13.2 Å². The summed E-state index contributed by atoms with van der Waals surface area (Å²) in [5.41, 5.74) is 0. The molecule has 0 heterocycles. The third kappa shape index (κ3) is 5.56. The summed E-state index contributed by atoms with van der Waals surface area (Å²) < 4.78 is 42.5. The van der Waals surface area contributed by atoms with Gasteiger partial charge in [-0.25, -0.2) is 0 Å². The van der Waals surface area contributed by atoms with Crippen molar-refractivity contribution in [3.8, 4) is 0 Å². The van der Waals surface area contributed by atoms with Crippen LogP contribution < -0.4 is 0 Å². The standard InChI is InChI=1S/C12H17ClF3N3O/c1-6-7-11(20-9(2)12(14,15)16)19(5)18(4)10(13)8-17-3/h6-9H,1,3H2,2,4-5H3/b10-8-,11-7+/t9-/m1/s1. The van der Waals surface area contributed by atoms with E-state index in [1.807, 2.05) is 0 Å². The van der Waals surface area contributed by atoms with Gasteiger partial charge >= 0.3 is 6.18 Å². The fraction of sp³-hybridized carbons (Fsp3) is 0.417. The lowest BCUT2D eigenvalue weighted by Crippen LogP contribution is -2.38. The van der Waals surface area contributed by atoms with Crippen LogP contribution in [-0.2, 0) is 4.74 Å². The van der Waals surface area contributed by atoms with E-state index >= 15 is 0 Å².